The molecular weight excluding hydrogens is 735 g/mol. The van der Waals surface area contributed by atoms with Crippen LogP contribution in [0.1, 0.15) is 264 Å². The average molecular weight is 829 g/mol. The molecule has 2 N–H and O–H groups in total. The van der Waals surface area contributed by atoms with E-state index in [0.717, 1.165) is 44.9 Å². The van der Waals surface area contributed by atoms with Crippen LogP contribution >= 0.6 is 7.82 Å². The summed E-state index contributed by atoms with van der Waals surface area (Å²) in [6.45, 7) is 3.73. The van der Waals surface area contributed by atoms with Gasteiger partial charge in [0.15, 0.2) is 6.10 Å². The van der Waals surface area contributed by atoms with Crippen LogP contribution in [0.2, 0.25) is 0 Å². The summed E-state index contributed by atoms with van der Waals surface area (Å²) in [5.74, 6) is -0.873. The van der Waals surface area contributed by atoms with Crippen LogP contribution in [0.25, 0.3) is 0 Å². The number of carbonyl (C=O) groups is 2. The zero-order chi connectivity index (χ0) is 41.8. The van der Waals surface area contributed by atoms with Crippen molar-refractivity contribution in [1.29, 1.82) is 0 Å². The molecule has 0 aliphatic rings. The van der Waals surface area contributed by atoms with E-state index in [2.05, 4.69) is 30.5 Å². The quantitative estimate of drug-likeness (QED) is 0.0269. The second kappa shape index (κ2) is 44.3. The van der Waals surface area contributed by atoms with Crippen LogP contribution in [0.5, 0.6) is 0 Å². The summed E-state index contributed by atoms with van der Waals surface area (Å²) in [5, 5.41) is 0. The second-order valence-electron chi connectivity index (χ2n) is 16.8. The molecule has 0 spiro atoms. The molecule has 0 fully saturated rings. The maximum Gasteiger partial charge on any atom is 0.469 e. The van der Waals surface area contributed by atoms with E-state index in [1.54, 1.807) is 0 Å². The van der Waals surface area contributed by atoms with Crippen molar-refractivity contribution in [2.45, 2.75) is 270 Å². The Labute approximate surface area is 352 Å². The highest BCUT2D eigenvalue weighted by molar-refractivity contribution is 7.46. The Morgan fingerprint density at radius 3 is 1.07 bits per heavy atom. The van der Waals surface area contributed by atoms with Crippen molar-refractivity contribution in [1.82, 2.24) is 0 Å². The Bertz CT molecular complexity index is 935. The number of unbranched alkanes of at least 4 members (excludes halogenated alkanes) is 34. The lowest BCUT2D eigenvalue weighted by Gasteiger charge is -2.18. The van der Waals surface area contributed by atoms with E-state index < -0.39 is 32.5 Å². The Hall–Kier alpha value is -1.21. The highest BCUT2D eigenvalue weighted by Crippen LogP contribution is 2.36. The lowest BCUT2D eigenvalue weighted by atomic mass is 10.0. The summed E-state index contributed by atoms with van der Waals surface area (Å²) >= 11 is 0. The fraction of sp³-hybridized carbons (Fsp3) is 0.917. The fourth-order valence-corrected chi connectivity index (χ4v) is 7.73. The molecule has 8 nitrogen and oxygen atoms in total. The predicted molar refractivity (Wildman–Crippen MR) is 239 cm³/mol. The van der Waals surface area contributed by atoms with Crippen molar-refractivity contribution in [3.63, 3.8) is 0 Å². The minimum atomic E-state index is -4.75. The van der Waals surface area contributed by atoms with Crippen LogP contribution in [-0.4, -0.2) is 41.0 Å². The van der Waals surface area contributed by atoms with Crippen molar-refractivity contribution in [2.24, 2.45) is 0 Å². The molecule has 57 heavy (non-hydrogen) atoms. The number of ether oxygens (including phenoxy) is 2. The van der Waals surface area contributed by atoms with Crippen LogP contribution in [0.4, 0.5) is 0 Å². The summed E-state index contributed by atoms with van der Waals surface area (Å²) in [4.78, 5) is 43.0. The van der Waals surface area contributed by atoms with Crippen molar-refractivity contribution < 1.29 is 37.9 Å². The van der Waals surface area contributed by atoms with Gasteiger partial charge in [0.2, 0.25) is 0 Å². The van der Waals surface area contributed by atoms with Crippen LogP contribution in [0.15, 0.2) is 12.2 Å². The maximum atomic E-state index is 12.4. The molecule has 0 bridgehead atoms. The first-order valence-corrected chi connectivity index (χ1v) is 26.0. The number of esters is 2. The largest absolute Gasteiger partial charge is 0.469 e. The highest BCUT2D eigenvalue weighted by Gasteiger charge is 2.23. The van der Waals surface area contributed by atoms with Gasteiger partial charge in [0.1, 0.15) is 6.61 Å². The SMILES string of the molecule is CCCCCCCC/C=C\CCCCCCCCCC(=O)OC(COC(=O)CCCCCCCCCCCCCCCCCCCCCCCC)COP(=O)(O)O. The molecule has 0 amide bonds. The second-order valence-corrected chi connectivity index (χ2v) is 18.0. The first kappa shape index (κ1) is 55.8. The molecule has 0 aliphatic heterocycles. The number of hydrogen-bond acceptors (Lipinski definition) is 6. The molecule has 1 atom stereocenters. The first-order chi connectivity index (χ1) is 27.8. The summed E-state index contributed by atoms with van der Waals surface area (Å²) < 4.78 is 26.5. The van der Waals surface area contributed by atoms with E-state index in [4.69, 9.17) is 19.3 Å². The van der Waals surface area contributed by atoms with E-state index in [1.807, 2.05) is 0 Å². The van der Waals surface area contributed by atoms with Gasteiger partial charge in [-0.2, -0.15) is 0 Å². The van der Waals surface area contributed by atoms with Gasteiger partial charge in [-0.15, -0.1) is 0 Å². The average Bonchev–Trinajstić information content (AvgIpc) is 3.18. The minimum absolute atomic E-state index is 0.212. The lowest BCUT2D eigenvalue weighted by molar-refractivity contribution is -0.161. The van der Waals surface area contributed by atoms with Crippen LogP contribution < -0.4 is 0 Å². The Morgan fingerprint density at radius 2 is 0.737 bits per heavy atom. The third-order valence-electron chi connectivity index (χ3n) is 11.0. The molecule has 0 heterocycles. The van der Waals surface area contributed by atoms with Crippen molar-refractivity contribution >= 4 is 19.8 Å². The van der Waals surface area contributed by atoms with Crippen LogP contribution in [-0.2, 0) is 28.2 Å². The fourth-order valence-electron chi connectivity index (χ4n) is 7.37. The molecule has 0 aromatic heterocycles. The number of phosphoric acid groups is 1. The Kier molecular flexibility index (Phi) is 43.4. The number of hydrogen-bond donors (Lipinski definition) is 2. The van der Waals surface area contributed by atoms with Crippen molar-refractivity contribution in [3.8, 4) is 0 Å². The monoisotopic (exact) mass is 829 g/mol. The zero-order valence-corrected chi connectivity index (χ0v) is 38.4. The van der Waals surface area contributed by atoms with Gasteiger partial charge in [-0.1, -0.05) is 225 Å². The number of allylic oxidation sites excluding steroid dienone is 2. The molecule has 0 rings (SSSR count). The summed E-state index contributed by atoms with van der Waals surface area (Å²) in [5.41, 5.74) is 0. The maximum absolute atomic E-state index is 12.4. The van der Waals surface area contributed by atoms with Gasteiger partial charge in [0.25, 0.3) is 0 Å². The smallest absolute Gasteiger partial charge is 0.462 e. The zero-order valence-electron chi connectivity index (χ0n) is 37.5. The number of carbonyl (C=O) groups excluding carboxylic acids is 2. The molecule has 0 saturated heterocycles. The van der Waals surface area contributed by atoms with E-state index in [0.29, 0.717) is 6.42 Å². The third-order valence-corrected chi connectivity index (χ3v) is 11.5. The Morgan fingerprint density at radius 1 is 0.439 bits per heavy atom. The molecule has 338 valence electrons. The Balaban J connectivity index is 3.79. The molecular formula is C48H93O8P. The highest BCUT2D eigenvalue weighted by atomic mass is 31.2. The van der Waals surface area contributed by atoms with Gasteiger partial charge in [-0.25, -0.2) is 4.57 Å². The minimum Gasteiger partial charge on any atom is -0.462 e. The van der Waals surface area contributed by atoms with Gasteiger partial charge in [0, 0.05) is 12.8 Å². The summed E-state index contributed by atoms with van der Waals surface area (Å²) in [6.07, 6.45) is 50.9. The standard InChI is InChI=1S/C48H93O8P/c1-3-5-7-9-11-13-15-17-19-21-22-23-24-25-27-28-30-32-34-36-38-40-42-47(49)54-44-46(45-55-57(51,52)53)56-48(50)43-41-39-37-35-33-31-29-26-20-18-16-14-12-10-8-6-4-2/h18,20,46H,3-17,19,21-45H2,1-2H3,(H2,51,52,53)/b20-18-. The van der Waals surface area contributed by atoms with Crippen LogP contribution in [0, 0.1) is 0 Å². The topological polar surface area (TPSA) is 119 Å². The van der Waals surface area contributed by atoms with Gasteiger partial charge in [-0.3, -0.25) is 14.1 Å². The first-order valence-electron chi connectivity index (χ1n) is 24.5. The van der Waals surface area contributed by atoms with Crippen molar-refractivity contribution in [2.75, 3.05) is 13.2 Å². The number of rotatable bonds is 46. The van der Waals surface area contributed by atoms with Gasteiger partial charge < -0.3 is 19.3 Å². The van der Waals surface area contributed by atoms with Gasteiger partial charge in [-0.05, 0) is 38.5 Å². The molecule has 0 saturated carbocycles. The predicted octanol–water partition coefficient (Wildman–Crippen LogP) is 15.4. The molecule has 9 heteroatoms. The van der Waals surface area contributed by atoms with Crippen molar-refractivity contribution in [3.05, 3.63) is 12.2 Å². The molecule has 0 aromatic carbocycles. The van der Waals surface area contributed by atoms with Gasteiger partial charge in [0.05, 0.1) is 6.61 Å². The molecule has 1 unspecified atom stereocenters. The molecule has 0 aromatic rings. The van der Waals surface area contributed by atoms with E-state index in [9.17, 15) is 14.2 Å². The number of phosphoric ester groups is 1. The van der Waals surface area contributed by atoms with E-state index in [1.165, 1.54) is 186 Å². The normalized spacial score (nSPS) is 12.4. The summed E-state index contributed by atoms with van der Waals surface area (Å²) in [7, 11) is -4.75. The van der Waals surface area contributed by atoms with E-state index in [-0.39, 0.29) is 19.4 Å². The summed E-state index contributed by atoms with van der Waals surface area (Å²) in [6, 6.07) is 0. The molecule has 0 radical (unpaired) electrons. The van der Waals surface area contributed by atoms with Crippen LogP contribution in [0.3, 0.4) is 0 Å². The van der Waals surface area contributed by atoms with E-state index >= 15 is 0 Å². The molecule has 0 aliphatic carbocycles. The van der Waals surface area contributed by atoms with Gasteiger partial charge >= 0.3 is 19.8 Å². The third kappa shape index (κ3) is 47.3. The lowest BCUT2D eigenvalue weighted by Crippen LogP contribution is -2.29.